The van der Waals surface area contributed by atoms with Gasteiger partial charge in [0.15, 0.2) is 14.0 Å². The van der Waals surface area contributed by atoms with E-state index in [1.807, 2.05) is 12.1 Å². The Bertz CT molecular complexity index is 1730. The number of nitrogens with zero attached hydrogens (tertiary/aromatic N) is 5. The van der Waals surface area contributed by atoms with Crippen molar-refractivity contribution in [2.45, 2.75) is 82.1 Å². The van der Waals surface area contributed by atoms with Crippen LogP contribution in [0.4, 0.5) is 0 Å². The van der Waals surface area contributed by atoms with Gasteiger partial charge >= 0.3 is 0 Å². The van der Waals surface area contributed by atoms with Gasteiger partial charge in [-0.05, 0) is 68.4 Å². The Kier molecular flexibility index (Phi) is 7.27. The quantitative estimate of drug-likeness (QED) is 0.172. The van der Waals surface area contributed by atoms with Gasteiger partial charge in [-0.3, -0.25) is 0 Å². The maximum Gasteiger partial charge on any atom is 0.269 e. The minimum atomic E-state index is -3.83. The first kappa shape index (κ1) is 28.3. The highest BCUT2D eigenvalue weighted by Gasteiger charge is 2.40. The highest BCUT2D eigenvalue weighted by molar-refractivity contribution is 7.90. The van der Waals surface area contributed by atoms with Crippen molar-refractivity contribution in [3.63, 3.8) is 0 Å². The van der Waals surface area contributed by atoms with Crippen molar-refractivity contribution < 1.29 is 12.8 Å². The molecule has 3 heterocycles. The number of nitriles is 1. The largest absolute Gasteiger partial charge is 0.407 e. The summed E-state index contributed by atoms with van der Waals surface area (Å²) in [6.45, 7) is 13.2. The molecule has 1 saturated carbocycles. The van der Waals surface area contributed by atoms with Crippen LogP contribution in [0.15, 0.2) is 65.8 Å². The second-order valence-corrected chi connectivity index (χ2v) is 18.8. The number of imidazole rings is 1. The van der Waals surface area contributed by atoms with Crippen LogP contribution in [0.2, 0.25) is 18.1 Å². The Morgan fingerprint density at radius 3 is 2.58 bits per heavy atom. The standard InChI is InChI=1S/C30H37N5O3SSi/c1-21(38-40(5,6)30(2,3)4)28-33-26-20-32-29-25(16-18-34(29)39(36,37)24-12-8-7-9-13-24)27(26)35(28)23-15-14-22(19-23)11-10-17-31/h7-13,16,18,20-23H,14-15,19H2,1-6H3/t21-,22+,23-/m1/s1. The van der Waals surface area contributed by atoms with Gasteiger partial charge in [-0.25, -0.2) is 22.4 Å². The molecule has 0 bridgehead atoms. The number of fused-ring (bicyclic) bond motifs is 3. The zero-order chi connectivity index (χ0) is 28.9. The summed E-state index contributed by atoms with van der Waals surface area (Å²) in [4.78, 5) is 9.87. The molecule has 0 aliphatic heterocycles. The lowest BCUT2D eigenvalue weighted by Gasteiger charge is -2.38. The number of rotatable bonds is 7. The molecule has 10 heteroatoms. The van der Waals surface area contributed by atoms with Crippen LogP contribution in [0.5, 0.6) is 0 Å². The normalized spacial score (nSPS) is 19.5. The summed E-state index contributed by atoms with van der Waals surface area (Å²) >= 11 is 0. The second-order valence-electron chi connectivity index (χ2n) is 12.2. The van der Waals surface area contributed by atoms with Gasteiger partial charge in [-0.1, -0.05) is 45.0 Å². The van der Waals surface area contributed by atoms with E-state index in [0.29, 0.717) is 11.6 Å². The topological polar surface area (TPSA) is 103 Å². The third-order valence-electron chi connectivity index (χ3n) is 8.55. The third kappa shape index (κ3) is 4.91. The summed E-state index contributed by atoms with van der Waals surface area (Å²) in [5.74, 6) is 1.13. The number of pyridine rings is 1. The van der Waals surface area contributed by atoms with Crippen molar-refractivity contribution in [1.82, 2.24) is 18.5 Å². The van der Waals surface area contributed by atoms with Crippen LogP contribution in [-0.4, -0.2) is 35.2 Å². The molecule has 1 aliphatic rings. The first-order valence-corrected chi connectivity index (χ1v) is 18.1. The van der Waals surface area contributed by atoms with Gasteiger partial charge in [0.05, 0.1) is 22.7 Å². The van der Waals surface area contributed by atoms with E-state index in [1.165, 1.54) is 3.97 Å². The maximum atomic E-state index is 13.5. The first-order valence-electron chi connectivity index (χ1n) is 13.8. The zero-order valence-corrected chi connectivity index (χ0v) is 25.8. The predicted octanol–water partition coefficient (Wildman–Crippen LogP) is 7.13. The Morgan fingerprint density at radius 1 is 1.18 bits per heavy atom. The fourth-order valence-corrected chi connectivity index (χ4v) is 8.14. The van der Waals surface area contributed by atoms with E-state index in [0.717, 1.165) is 41.5 Å². The lowest BCUT2D eigenvalue weighted by atomic mass is 10.1. The number of hydrogen-bond acceptors (Lipinski definition) is 6. The minimum absolute atomic E-state index is 0.0382. The van der Waals surface area contributed by atoms with E-state index in [1.54, 1.807) is 48.8 Å². The van der Waals surface area contributed by atoms with E-state index in [2.05, 4.69) is 56.4 Å². The molecule has 0 unspecified atom stereocenters. The van der Waals surface area contributed by atoms with Gasteiger partial charge < -0.3 is 8.99 Å². The molecule has 0 radical (unpaired) electrons. The number of hydrogen-bond donors (Lipinski definition) is 0. The summed E-state index contributed by atoms with van der Waals surface area (Å²) in [5, 5.41) is 9.83. The fourth-order valence-electron chi connectivity index (χ4n) is 5.47. The maximum absolute atomic E-state index is 13.5. The smallest absolute Gasteiger partial charge is 0.269 e. The van der Waals surface area contributed by atoms with Crippen LogP contribution in [-0.2, 0) is 14.4 Å². The molecule has 1 aromatic carbocycles. The molecule has 5 rings (SSSR count). The zero-order valence-electron chi connectivity index (χ0n) is 24.0. The summed E-state index contributed by atoms with van der Waals surface area (Å²) in [7, 11) is -5.93. The van der Waals surface area contributed by atoms with E-state index in [4.69, 9.17) is 14.7 Å². The third-order valence-corrected chi connectivity index (χ3v) is 14.8. The summed E-state index contributed by atoms with van der Waals surface area (Å²) in [6.07, 6.45) is 9.34. The van der Waals surface area contributed by atoms with Gasteiger partial charge in [-0.15, -0.1) is 0 Å². The molecule has 0 spiro atoms. The minimum Gasteiger partial charge on any atom is -0.407 e. The summed E-state index contributed by atoms with van der Waals surface area (Å²) < 4.78 is 37.4. The molecule has 0 amide bonds. The Morgan fingerprint density at radius 2 is 1.90 bits per heavy atom. The number of benzene rings is 1. The van der Waals surface area contributed by atoms with Crippen LogP contribution in [0.3, 0.4) is 0 Å². The van der Waals surface area contributed by atoms with Crippen molar-refractivity contribution in [3.05, 3.63) is 66.8 Å². The predicted molar refractivity (Wildman–Crippen MR) is 160 cm³/mol. The number of allylic oxidation sites excluding steroid dienone is 2. The molecular weight excluding hydrogens is 539 g/mol. The Balaban J connectivity index is 1.69. The van der Waals surface area contributed by atoms with Crippen molar-refractivity contribution >= 4 is 40.4 Å². The molecule has 3 atom stereocenters. The van der Waals surface area contributed by atoms with Crippen LogP contribution < -0.4 is 0 Å². The lowest BCUT2D eigenvalue weighted by Crippen LogP contribution is -2.41. The SMILES string of the molecule is C[C@@H](O[Si](C)(C)C(C)(C)C)c1nc2cnc3c(ccn3S(=O)(=O)c3ccccc3)c2n1[C@@H]1CC[C@H](C=CC#N)C1. The molecule has 40 heavy (non-hydrogen) atoms. The average molecular weight is 576 g/mol. The van der Waals surface area contributed by atoms with Crippen LogP contribution in [0, 0.1) is 17.2 Å². The van der Waals surface area contributed by atoms with Crippen LogP contribution in [0.25, 0.3) is 22.1 Å². The van der Waals surface area contributed by atoms with Gasteiger partial charge in [0.2, 0.25) is 0 Å². The second kappa shape index (κ2) is 10.3. The molecule has 0 saturated heterocycles. The highest BCUT2D eigenvalue weighted by Crippen LogP contribution is 2.44. The van der Waals surface area contributed by atoms with Crippen LogP contribution >= 0.6 is 0 Å². The molecule has 4 aromatic rings. The van der Waals surface area contributed by atoms with Crippen molar-refractivity contribution in [3.8, 4) is 6.07 Å². The van der Waals surface area contributed by atoms with Gasteiger partial charge in [0.1, 0.15) is 17.4 Å². The summed E-state index contributed by atoms with van der Waals surface area (Å²) in [6, 6.07) is 12.5. The van der Waals surface area contributed by atoms with Gasteiger partial charge in [-0.2, -0.15) is 5.26 Å². The van der Waals surface area contributed by atoms with Crippen LogP contribution in [0.1, 0.15) is 64.9 Å². The Hall–Kier alpha value is -3.26. The Labute approximate surface area is 237 Å². The molecule has 3 aromatic heterocycles. The molecule has 1 aliphatic carbocycles. The van der Waals surface area contributed by atoms with E-state index in [-0.39, 0.29) is 22.1 Å². The lowest BCUT2D eigenvalue weighted by molar-refractivity contribution is 0.186. The fraction of sp³-hybridized carbons (Fsp3) is 0.433. The van der Waals surface area contributed by atoms with E-state index < -0.39 is 18.3 Å². The first-order chi connectivity index (χ1) is 18.8. The molecule has 1 fully saturated rings. The molecule has 0 N–H and O–H groups in total. The van der Waals surface area contributed by atoms with E-state index >= 15 is 0 Å². The summed E-state index contributed by atoms with van der Waals surface area (Å²) in [5.41, 5.74) is 1.97. The van der Waals surface area contributed by atoms with Crippen molar-refractivity contribution in [2.24, 2.45) is 5.92 Å². The van der Waals surface area contributed by atoms with Crippen molar-refractivity contribution in [1.29, 1.82) is 5.26 Å². The molecule has 210 valence electrons. The molecule has 8 nitrogen and oxygen atoms in total. The average Bonchev–Trinajstić information content (AvgIpc) is 3.63. The highest BCUT2D eigenvalue weighted by atomic mass is 32.2. The van der Waals surface area contributed by atoms with Gasteiger partial charge in [0, 0.05) is 23.7 Å². The number of aromatic nitrogens is 4. The van der Waals surface area contributed by atoms with E-state index in [9.17, 15) is 8.42 Å². The van der Waals surface area contributed by atoms with Crippen molar-refractivity contribution in [2.75, 3.05) is 0 Å². The molecular formula is C30H37N5O3SSi. The monoisotopic (exact) mass is 575 g/mol. The van der Waals surface area contributed by atoms with Gasteiger partial charge in [0.25, 0.3) is 10.0 Å².